The second-order valence-electron chi connectivity index (χ2n) is 5.62. The highest BCUT2D eigenvalue weighted by atomic mass is 19.1. The van der Waals surface area contributed by atoms with E-state index in [-0.39, 0.29) is 22.6 Å². The van der Waals surface area contributed by atoms with Crippen LogP contribution < -0.4 is 9.47 Å². The Bertz CT molecular complexity index is 937. The molecule has 6 heteroatoms. The Morgan fingerprint density at radius 2 is 1.07 bits per heavy atom. The molecule has 0 saturated heterocycles. The minimum atomic E-state index is -0.881. The first kappa shape index (κ1) is 18.3. The van der Waals surface area contributed by atoms with Crippen molar-refractivity contribution in [3.05, 3.63) is 95.1 Å². The van der Waals surface area contributed by atoms with Gasteiger partial charge in [-0.3, -0.25) is 0 Å². The number of benzene rings is 3. The van der Waals surface area contributed by atoms with Crippen molar-refractivity contribution < 1.29 is 27.8 Å². The average Bonchev–Trinajstić information content (AvgIpc) is 2.65. The first-order chi connectivity index (χ1) is 13.0. The van der Waals surface area contributed by atoms with E-state index in [9.17, 15) is 18.4 Å². The summed E-state index contributed by atoms with van der Waals surface area (Å²) in [5.41, 5.74) is -0.0943. The Morgan fingerprint density at radius 3 is 1.48 bits per heavy atom. The standard InChI is InChI=1S/C21H14F2O4/c1-13-18(26-20(24)14-7-2-4-9-16(14)22)11-6-12-19(13)27-21(25)15-8-3-5-10-17(15)23/h2-12H,1H3. The van der Waals surface area contributed by atoms with Gasteiger partial charge in [0.05, 0.1) is 11.1 Å². The number of hydrogen-bond donors (Lipinski definition) is 0. The quantitative estimate of drug-likeness (QED) is 0.494. The molecule has 0 aromatic heterocycles. The van der Waals surface area contributed by atoms with Gasteiger partial charge in [0.25, 0.3) is 0 Å². The van der Waals surface area contributed by atoms with Crippen LogP contribution in [0.25, 0.3) is 0 Å². The second kappa shape index (κ2) is 7.78. The van der Waals surface area contributed by atoms with Crippen molar-refractivity contribution >= 4 is 11.9 Å². The highest BCUT2D eigenvalue weighted by Crippen LogP contribution is 2.29. The summed E-state index contributed by atoms with van der Waals surface area (Å²) in [7, 11) is 0. The van der Waals surface area contributed by atoms with Crippen LogP contribution in [0, 0.1) is 18.6 Å². The summed E-state index contributed by atoms with van der Waals surface area (Å²) in [5, 5.41) is 0. The SMILES string of the molecule is Cc1c(OC(=O)c2ccccc2F)cccc1OC(=O)c1ccccc1F. The Morgan fingerprint density at radius 1 is 0.667 bits per heavy atom. The van der Waals surface area contributed by atoms with Gasteiger partial charge in [0.2, 0.25) is 0 Å². The van der Waals surface area contributed by atoms with Gasteiger partial charge in [0.1, 0.15) is 23.1 Å². The second-order valence-corrected chi connectivity index (χ2v) is 5.62. The fraction of sp³-hybridized carbons (Fsp3) is 0.0476. The molecule has 3 aromatic rings. The normalized spacial score (nSPS) is 10.3. The van der Waals surface area contributed by atoms with E-state index in [0.29, 0.717) is 5.56 Å². The van der Waals surface area contributed by atoms with Crippen molar-refractivity contribution in [3.8, 4) is 11.5 Å². The Hall–Kier alpha value is -3.54. The van der Waals surface area contributed by atoms with Crippen molar-refractivity contribution in [2.24, 2.45) is 0 Å². The van der Waals surface area contributed by atoms with Crippen LogP contribution in [-0.2, 0) is 0 Å². The monoisotopic (exact) mass is 368 g/mol. The van der Waals surface area contributed by atoms with E-state index in [0.717, 1.165) is 12.1 Å². The molecule has 0 atom stereocenters. The summed E-state index contributed by atoms with van der Waals surface area (Å²) in [6.45, 7) is 1.56. The molecule has 0 amide bonds. The van der Waals surface area contributed by atoms with Crippen LogP contribution in [0.2, 0.25) is 0 Å². The number of carbonyl (C=O) groups is 2. The van der Waals surface area contributed by atoms with Crippen molar-refractivity contribution in [3.63, 3.8) is 0 Å². The molecule has 0 fully saturated rings. The molecule has 0 aliphatic rings. The van der Waals surface area contributed by atoms with Gasteiger partial charge >= 0.3 is 11.9 Å². The molecule has 3 rings (SSSR count). The zero-order chi connectivity index (χ0) is 19.4. The van der Waals surface area contributed by atoms with E-state index in [4.69, 9.17) is 9.47 Å². The lowest BCUT2D eigenvalue weighted by Crippen LogP contribution is -2.13. The smallest absolute Gasteiger partial charge is 0.346 e. The van der Waals surface area contributed by atoms with E-state index in [1.807, 2.05) is 0 Å². The van der Waals surface area contributed by atoms with E-state index in [1.165, 1.54) is 54.6 Å². The van der Waals surface area contributed by atoms with Gasteiger partial charge in [-0.2, -0.15) is 0 Å². The van der Waals surface area contributed by atoms with Gasteiger partial charge in [0.15, 0.2) is 0 Å². The lowest BCUT2D eigenvalue weighted by atomic mass is 10.2. The third kappa shape index (κ3) is 4.00. The van der Waals surface area contributed by atoms with Gasteiger partial charge < -0.3 is 9.47 Å². The highest BCUT2D eigenvalue weighted by molar-refractivity contribution is 5.92. The molecule has 27 heavy (non-hydrogen) atoms. The van der Waals surface area contributed by atoms with E-state index < -0.39 is 23.6 Å². The van der Waals surface area contributed by atoms with Crippen LogP contribution in [0.15, 0.2) is 66.7 Å². The number of rotatable bonds is 4. The van der Waals surface area contributed by atoms with Crippen LogP contribution in [0.5, 0.6) is 11.5 Å². The maximum Gasteiger partial charge on any atom is 0.346 e. The molecule has 0 bridgehead atoms. The molecular weight excluding hydrogens is 354 g/mol. The number of carbonyl (C=O) groups excluding carboxylic acids is 2. The summed E-state index contributed by atoms with van der Waals surface area (Å²) in [6, 6.07) is 15.3. The summed E-state index contributed by atoms with van der Waals surface area (Å²) < 4.78 is 37.9. The molecular formula is C21H14F2O4. The molecule has 3 aromatic carbocycles. The van der Waals surface area contributed by atoms with Crippen molar-refractivity contribution in [1.29, 1.82) is 0 Å². The van der Waals surface area contributed by atoms with Gasteiger partial charge in [-0.1, -0.05) is 30.3 Å². The third-order valence-corrected chi connectivity index (χ3v) is 3.83. The van der Waals surface area contributed by atoms with Crippen molar-refractivity contribution in [2.75, 3.05) is 0 Å². The van der Waals surface area contributed by atoms with Gasteiger partial charge in [0, 0.05) is 5.56 Å². The largest absolute Gasteiger partial charge is 0.422 e. The summed E-state index contributed by atoms with van der Waals surface area (Å²) in [5.74, 6) is -2.98. The zero-order valence-corrected chi connectivity index (χ0v) is 14.2. The molecule has 4 nitrogen and oxygen atoms in total. The van der Waals surface area contributed by atoms with Crippen molar-refractivity contribution in [1.82, 2.24) is 0 Å². The molecule has 0 radical (unpaired) electrons. The third-order valence-electron chi connectivity index (χ3n) is 3.83. The molecule has 0 aliphatic heterocycles. The topological polar surface area (TPSA) is 52.6 Å². The van der Waals surface area contributed by atoms with Crippen LogP contribution in [0.1, 0.15) is 26.3 Å². The number of halogens is 2. The van der Waals surface area contributed by atoms with E-state index in [1.54, 1.807) is 6.92 Å². The van der Waals surface area contributed by atoms with E-state index >= 15 is 0 Å². The van der Waals surface area contributed by atoms with Crippen LogP contribution in [-0.4, -0.2) is 11.9 Å². The number of hydrogen-bond acceptors (Lipinski definition) is 4. The molecule has 136 valence electrons. The van der Waals surface area contributed by atoms with Crippen LogP contribution in [0.3, 0.4) is 0 Å². The molecule has 0 spiro atoms. The fourth-order valence-corrected chi connectivity index (χ4v) is 2.38. The first-order valence-corrected chi connectivity index (χ1v) is 8.00. The first-order valence-electron chi connectivity index (χ1n) is 8.00. The minimum Gasteiger partial charge on any atom is -0.422 e. The Balaban J connectivity index is 1.82. The number of ether oxygens (including phenoxy) is 2. The minimum absolute atomic E-state index is 0.0992. The fourth-order valence-electron chi connectivity index (χ4n) is 2.38. The maximum atomic E-state index is 13.7. The highest BCUT2D eigenvalue weighted by Gasteiger charge is 2.18. The zero-order valence-electron chi connectivity index (χ0n) is 14.2. The van der Waals surface area contributed by atoms with E-state index in [2.05, 4.69) is 0 Å². The van der Waals surface area contributed by atoms with Crippen LogP contribution >= 0.6 is 0 Å². The Kier molecular flexibility index (Phi) is 5.26. The average molecular weight is 368 g/mol. The van der Waals surface area contributed by atoms with Gasteiger partial charge in [-0.25, -0.2) is 18.4 Å². The predicted octanol–water partition coefficient (Wildman–Crippen LogP) is 4.71. The molecule has 0 aliphatic carbocycles. The summed E-state index contributed by atoms with van der Waals surface area (Å²) >= 11 is 0. The molecule has 0 N–H and O–H groups in total. The summed E-state index contributed by atoms with van der Waals surface area (Å²) in [6.07, 6.45) is 0. The van der Waals surface area contributed by atoms with Gasteiger partial charge in [-0.05, 0) is 43.3 Å². The maximum absolute atomic E-state index is 13.7. The van der Waals surface area contributed by atoms with Crippen LogP contribution in [0.4, 0.5) is 8.78 Å². The van der Waals surface area contributed by atoms with Crippen molar-refractivity contribution in [2.45, 2.75) is 6.92 Å². The van der Waals surface area contributed by atoms with Gasteiger partial charge in [-0.15, -0.1) is 0 Å². The molecule has 0 heterocycles. The lowest BCUT2D eigenvalue weighted by molar-refractivity contribution is 0.0726. The lowest BCUT2D eigenvalue weighted by Gasteiger charge is -2.12. The Labute approximate surface area is 154 Å². The molecule has 0 unspecified atom stereocenters. The molecule has 0 saturated carbocycles. The number of esters is 2. The predicted molar refractivity (Wildman–Crippen MR) is 93.9 cm³/mol. The summed E-state index contributed by atoms with van der Waals surface area (Å²) in [4.78, 5) is 24.3.